The summed E-state index contributed by atoms with van der Waals surface area (Å²) in [6.45, 7) is 2.50. The summed E-state index contributed by atoms with van der Waals surface area (Å²) < 4.78 is 0. The molecule has 0 aliphatic heterocycles. The number of carbonyl (C=O) groups is 4. The van der Waals surface area contributed by atoms with Crippen molar-refractivity contribution in [3.63, 3.8) is 0 Å². The van der Waals surface area contributed by atoms with Crippen LogP contribution in [0.1, 0.15) is 65.2 Å². The van der Waals surface area contributed by atoms with Gasteiger partial charge in [0.15, 0.2) is 11.6 Å². The van der Waals surface area contributed by atoms with E-state index in [1.54, 1.807) is 0 Å². The van der Waals surface area contributed by atoms with Gasteiger partial charge in [-0.2, -0.15) is 0 Å². The van der Waals surface area contributed by atoms with E-state index in [1.807, 2.05) is 0 Å². The molecule has 0 aromatic heterocycles. The van der Waals surface area contributed by atoms with E-state index in [2.05, 4.69) is 0 Å². The maximum absolute atomic E-state index is 10.1. The van der Waals surface area contributed by atoms with Crippen LogP contribution in [0.2, 0.25) is 0 Å². The zero-order valence-corrected chi connectivity index (χ0v) is 12.2. The maximum Gasteiger partial charge on any atom is 0.303 e. The smallest absolute Gasteiger partial charge is 0.303 e. The van der Waals surface area contributed by atoms with Crippen LogP contribution in [0.5, 0.6) is 0 Å². The second-order valence-corrected chi connectivity index (χ2v) is 4.52. The van der Waals surface area contributed by atoms with E-state index in [0.717, 1.165) is 38.5 Å². The zero-order valence-electron chi connectivity index (χ0n) is 12.2. The van der Waals surface area contributed by atoms with Crippen LogP contribution in [0.25, 0.3) is 0 Å². The Morgan fingerprint density at radius 3 is 1.05 bits per heavy atom. The Bertz CT molecular complexity index is 290. The highest BCUT2D eigenvalue weighted by atomic mass is 16.4. The lowest BCUT2D eigenvalue weighted by Gasteiger charge is -1.98. The summed E-state index contributed by atoms with van der Waals surface area (Å²) in [6.07, 6.45) is 5.82. The van der Waals surface area contributed by atoms with Gasteiger partial charge in [0.25, 0.3) is 0 Å². The van der Waals surface area contributed by atoms with Crippen LogP contribution in [0, 0.1) is 0 Å². The number of Topliss-reactive ketones (excluding diaryl/α,β-unsaturated/α-hetero) is 2. The SMILES string of the molecule is CC(=O)C(C)=O.O=C(O)CCCCCCCCC(=O)O. The summed E-state index contributed by atoms with van der Waals surface area (Å²) in [5, 5.41) is 16.7. The molecule has 0 aromatic carbocycles. The molecule has 2 N–H and O–H groups in total. The van der Waals surface area contributed by atoms with Crippen molar-refractivity contribution in [2.45, 2.75) is 65.2 Å². The minimum absolute atomic E-state index is 0.245. The van der Waals surface area contributed by atoms with Crippen LogP contribution in [0.4, 0.5) is 0 Å². The van der Waals surface area contributed by atoms with Crippen molar-refractivity contribution in [1.29, 1.82) is 0 Å². The van der Waals surface area contributed by atoms with Crippen molar-refractivity contribution < 1.29 is 29.4 Å². The summed E-state index contributed by atoms with van der Waals surface area (Å²) in [5.41, 5.74) is 0. The average Bonchev–Trinajstić information content (AvgIpc) is 2.32. The summed E-state index contributed by atoms with van der Waals surface area (Å²) in [5.74, 6) is -2.24. The number of hydrogen-bond acceptors (Lipinski definition) is 4. The van der Waals surface area contributed by atoms with Gasteiger partial charge >= 0.3 is 11.9 Å². The molecule has 0 heterocycles. The molecule has 0 unspecified atom stereocenters. The van der Waals surface area contributed by atoms with Crippen LogP contribution < -0.4 is 0 Å². The number of carboxylic acid groups (broad SMARTS) is 2. The molecule has 6 heteroatoms. The van der Waals surface area contributed by atoms with Crippen LogP contribution in [-0.4, -0.2) is 33.7 Å². The lowest BCUT2D eigenvalue weighted by atomic mass is 10.1. The number of rotatable bonds is 10. The van der Waals surface area contributed by atoms with E-state index in [-0.39, 0.29) is 24.4 Å². The molecule has 0 atom stereocenters. The number of ketones is 2. The molecule has 0 saturated heterocycles. The summed E-state index contributed by atoms with van der Waals surface area (Å²) in [4.78, 5) is 39.9. The molecule has 116 valence electrons. The molecule has 6 nitrogen and oxygen atoms in total. The Morgan fingerprint density at radius 1 is 0.600 bits per heavy atom. The fourth-order valence-electron chi connectivity index (χ4n) is 1.26. The quantitative estimate of drug-likeness (QED) is 0.472. The number of unbranched alkanes of at least 4 members (excludes halogenated alkanes) is 5. The van der Waals surface area contributed by atoms with Gasteiger partial charge in [0.1, 0.15) is 0 Å². The third-order valence-electron chi connectivity index (χ3n) is 2.53. The average molecular weight is 288 g/mol. The van der Waals surface area contributed by atoms with Gasteiger partial charge in [-0.05, 0) is 12.8 Å². The first-order valence-electron chi connectivity index (χ1n) is 6.72. The second-order valence-electron chi connectivity index (χ2n) is 4.52. The van der Waals surface area contributed by atoms with E-state index in [9.17, 15) is 19.2 Å². The molecule has 20 heavy (non-hydrogen) atoms. The highest BCUT2D eigenvalue weighted by Gasteiger charge is 1.98. The van der Waals surface area contributed by atoms with E-state index >= 15 is 0 Å². The molecule has 0 aromatic rings. The number of aliphatic carboxylic acids is 2. The van der Waals surface area contributed by atoms with Crippen molar-refractivity contribution in [3.8, 4) is 0 Å². The largest absolute Gasteiger partial charge is 0.481 e. The fourth-order valence-corrected chi connectivity index (χ4v) is 1.26. The van der Waals surface area contributed by atoms with Gasteiger partial charge in [-0.15, -0.1) is 0 Å². The lowest BCUT2D eigenvalue weighted by Crippen LogP contribution is -2.01. The molecule has 0 bridgehead atoms. The van der Waals surface area contributed by atoms with Gasteiger partial charge in [-0.25, -0.2) is 0 Å². The fraction of sp³-hybridized carbons (Fsp3) is 0.714. The summed E-state index contributed by atoms with van der Waals surface area (Å²) >= 11 is 0. The van der Waals surface area contributed by atoms with Gasteiger partial charge in [0, 0.05) is 26.7 Å². The predicted octanol–water partition coefficient (Wildman–Crippen LogP) is 2.44. The Kier molecular flexibility index (Phi) is 14.1. The van der Waals surface area contributed by atoms with E-state index in [0.29, 0.717) is 0 Å². The molecular weight excluding hydrogens is 264 g/mol. The monoisotopic (exact) mass is 288 g/mol. The maximum atomic E-state index is 10.1. The summed E-state index contributed by atoms with van der Waals surface area (Å²) in [7, 11) is 0. The van der Waals surface area contributed by atoms with Crippen LogP contribution in [-0.2, 0) is 19.2 Å². The van der Waals surface area contributed by atoms with Crippen molar-refractivity contribution in [2.24, 2.45) is 0 Å². The minimum Gasteiger partial charge on any atom is -0.481 e. The highest BCUT2D eigenvalue weighted by Crippen LogP contribution is 2.08. The molecular formula is C14H24O6. The zero-order chi connectivity index (χ0) is 16.0. The molecule has 0 radical (unpaired) electrons. The van der Waals surface area contributed by atoms with E-state index in [4.69, 9.17) is 10.2 Å². The second kappa shape index (κ2) is 13.7. The minimum atomic E-state index is -0.740. The standard InChI is InChI=1S/C10H18O4.C4H6O2/c11-9(12)7-5-3-1-2-4-6-8-10(13)14;1-3(5)4(2)6/h1-8H2,(H,11,12)(H,13,14);1-2H3. The van der Waals surface area contributed by atoms with Crippen LogP contribution in [0.15, 0.2) is 0 Å². The van der Waals surface area contributed by atoms with Gasteiger partial charge < -0.3 is 10.2 Å². The third kappa shape index (κ3) is 21.6. The van der Waals surface area contributed by atoms with Crippen molar-refractivity contribution in [3.05, 3.63) is 0 Å². The van der Waals surface area contributed by atoms with Crippen molar-refractivity contribution in [2.75, 3.05) is 0 Å². The lowest BCUT2D eigenvalue weighted by molar-refractivity contribution is -0.138. The normalized spacial score (nSPS) is 9.30. The Balaban J connectivity index is 0. The first kappa shape index (κ1) is 20.6. The van der Waals surface area contributed by atoms with Crippen LogP contribution in [0.3, 0.4) is 0 Å². The number of carboxylic acids is 2. The van der Waals surface area contributed by atoms with Gasteiger partial charge in [-0.3, -0.25) is 19.2 Å². The molecule has 0 rings (SSSR count). The van der Waals surface area contributed by atoms with Gasteiger partial charge in [-0.1, -0.05) is 25.7 Å². The first-order chi connectivity index (χ1) is 9.27. The Hall–Kier alpha value is -1.72. The van der Waals surface area contributed by atoms with Crippen LogP contribution >= 0.6 is 0 Å². The third-order valence-corrected chi connectivity index (χ3v) is 2.53. The molecule has 0 fully saturated rings. The molecule has 0 spiro atoms. The van der Waals surface area contributed by atoms with Gasteiger partial charge in [0.2, 0.25) is 0 Å². The highest BCUT2D eigenvalue weighted by molar-refractivity contribution is 6.35. The molecule has 0 saturated carbocycles. The number of hydrogen-bond donors (Lipinski definition) is 2. The molecule has 0 aliphatic rings. The Labute approximate surface area is 119 Å². The van der Waals surface area contributed by atoms with Crippen molar-refractivity contribution >= 4 is 23.5 Å². The first-order valence-corrected chi connectivity index (χ1v) is 6.72. The number of carbonyl (C=O) groups excluding carboxylic acids is 2. The summed E-state index contributed by atoms with van der Waals surface area (Å²) in [6, 6.07) is 0. The Morgan fingerprint density at radius 2 is 0.850 bits per heavy atom. The topological polar surface area (TPSA) is 109 Å². The molecule has 0 amide bonds. The van der Waals surface area contributed by atoms with Gasteiger partial charge in [0.05, 0.1) is 0 Å². The van der Waals surface area contributed by atoms with E-state index in [1.165, 1.54) is 13.8 Å². The predicted molar refractivity (Wildman–Crippen MR) is 73.6 cm³/mol. The molecule has 0 aliphatic carbocycles. The van der Waals surface area contributed by atoms with E-state index < -0.39 is 11.9 Å². The van der Waals surface area contributed by atoms with Crippen molar-refractivity contribution in [1.82, 2.24) is 0 Å².